The molecule has 3 aliphatic heterocycles. The number of nitrogens with two attached hydrogens (primary N) is 1. The van der Waals surface area contributed by atoms with Gasteiger partial charge >= 0.3 is 24.2 Å². The van der Waals surface area contributed by atoms with E-state index in [1.807, 2.05) is 0 Å². The van der Waals surface area contributed by atoms with E-state index in [1.165, 1.54) is 15.7 Å². The molecule has 0 radical (unpaired) electrons. The van der Waals surface area contributed by atoms with Gasteiger partial charge in [0, 0.05) is 41.7 Å². The number of aromatic nitrogens is 2. The summed E-state index contributed by atoms with van der Waals surface area (Å²) in [7, 11) is 0. The number of aryl methyl sites for hydroxylation is 1. The largest absolute Gasteiger partial charge is 0.509 e. The van der Waals surface area contributed by atoms with Gasteiger partial charge in [-0.25, -0.2) is 23.8 Å². The highest BCUT2D eigenvalue weighted by Crippen LogP contribution is 2.46. The van der Waals surface area contributed by atoms with Crippen molar-refractivity contribution in [1.29, 1.82) is 0 Å². The number of halogens is 1. The molecule has 0 unspecified atom stereocenters. The highest BCUT2D eigenvalue weighted by atomic mass is 19.1. The summed E-state index contributed by atoms with van der Waals surface area (Å²) in [6, 6.07) is 2.62. The average Bonchev–Trinajstić information content (AvgIpc) is 3.47. The number of hydroxylamine groups is 2. The fourth-order valence-corrected chi connectivity index (χ4v) is 7.64. The molecule has 1 amide bonds. The molecule has 2 aromatic heterocycles. The molecule has 15 nitrogen and oxygen atoms in total. The van der Waals surface area contributed by atoms with Gasteiger partial charge in [-0.2, -0.15) is 0 Å². The van der Waals surface area contributed by atoms with Crippen molar-refractivity contribution in [3.8, 4) is 11.4 Å². The van der Waals surface area contributed by atoms with Crippen molar-refractivity contribution in [1.82, 2.24) is 19.9 Å². The van der Waals surface area contributed by atoms with Gasteiger partial charge in [-0.15, -0.1) is 5.06 Å². The maximum Gasteiger partial charge on any atom is 0.509 e. The van der Waals surface area contributed by atoms with E-state index in [-0.39, 0.29) is 68.8 Å². The SMILES string of the molecule is CC[C@@]1(OC(=O)OCCNC(=O)ON2CCC(C)(C(=O)O)CC2)C(=O)OCc2c1cc1n(c2=O)Cc2c-1nc1cc(F)c(C)c3c1c2[C@@H](N)CC3. The Morgan fingerprint density at radius 3 is 2.63 bits per heavy atom. The number of esters is 1. The van der Waals surface area contributed by atoms with E-state index in [0.717, 1.165) is 22.1 Å². The molecular weight excluding hydrogens is 669 g/mol. The summed E-state index contributed by atoms with van der Waals surface area (Å²) in [5.41, 5.74) is 7.76. The number of amides is 1. The molecule has 3 aromatic rings. The van der Waals surface area contributed by atoms with Gasteiger partial charge in [0.15, 0.2) is 0 Å². The number of nitrogens with one attached hydrogen (secondary N) is 1. The van der Waals surface area contributed by atoms with Gasteiger partial charge in [-0.3, -0.25) is 9.59 Å². The molecule has 2 atom stereocenters. The number of ether oxygens (including phenoxy) is 3. The van der Waals surface area contributed by atoms with E-state index in [1.54, 1.807) is 26.8 Å². The van der Waals surface area contributed by atoms with Gasteiger partial charge in [-0.1, -0.05) is 6.92 Å². The van der Waals surface area contributed by atoms with Crippen molar-refractivity contribution < 1.29 is 47.7 Å². The van der Waals surface area contributed by atoms with Crippen molar-refractivity contribution in [2.75, 3.05) is 26.2 Å². The lowest BCUT2D eigenvalue weighted by atomic mass is 9.81. The molecule has 0 spiro atoms. The first-order valence-electron chi connectivity index (χ1n) is 16.9. The summed E-state index contributed by atoms with van der Waals surface area (Å²) in [6.45, 7) is 4.80. The van der Waals surface area contributed by atoms with Crippen molar-refractivity contribution >= 4 is 35.1 Å². The minimum Gasteiger partial charge on any atom is -0.481 e. The zero-order valence-corrected chi connectivity index (χ0v) is 28.4. The Hall–Kier alpha value is -5.09. The minimum atomic E-state index is -2.02. The van der Waals surface area contributed by atoms with Crippen LogP contribution in [0.5, 0.6) is 0 Å². The first kappa shape index (κ1) is 34.4. The van der Waals surface area contributed by atoms with E-state index in [9.17, 15) is 29.1 Å². The first-order chi connectivity index (χ1) is 24.3. The number of aliphatic carboxylic acids is 1. The zero-order valence-electron chi connectivity index (χ0n) is 28.4. The Labute approximate surface area is 290 Å². The maximum absolute atomic E-state index is 15.0. The van der Waals surface area contributed by atoms with Crippen molar-refractivity contribution in [3.63, 3.8) is 0 Å². The van der Waals surface area contributed by atoms with Gasteiger partial charge in [0.1, 0.15) is 19.0 Å². The van der Waals surface area contributed by atoms with Crippen LogP contribution >= 0.6 is 0 Å². The summed E-state index contributed by atoms with van der Waals surface area (Å²) < 4.78 is 32.7. The summed E-state index contributed by atoms with van der Waals surface area (Å²) in [4.78, 5) is 74.1. The normalized spacial score (nSPS) is 21.6. The van der Waals surface area contributed by atoms with E-state index in [2.05, 4.69) is 5.32 Å². The number of carboxylic acids is 1. The van der Waals surface area contributed by atoms with Gasteiger partial charge in [0.05, 0.1) is 41.0 Å². The molecule has 5 heterocycles. The third-order valence-electron chi connectivity index (χ3n) is 10.8. The summed E-state index contributed by atoms with van der Waals surface area (Å²) in [6.07, 6.45) is -0.331. The predicted molar refractivity (Wildman–Crippen MR) is 176 cm³/mol. The smallest absolute Gasteiger partial charge is 0.481 e. The monoisotopic (exact) mass is 707 g/mol. The van der Waals surface area contributed by atoms with Gasteiger partial charge < -0.3 is 39.8 Å². The van der Waals surface area contributed by atoms with Crippen LogP contribution in [0.15, 0.2) is 16.9 Å². The lowest BCUT2D eigenvalue weighted by molar-refractivity contribution is -0.175. The van der Waals surface area contributed by atoms with Gasteiger partial charge in [-0.05, 0) is 68.7 Å². The van der Waals surface area contributed by atoms with Crippen LogP contribution in [0, 0.1) is 18.2 Å². The van der Waals surface area contributed by atoms with Crippen molar-refractivity contribution in [3.05, 3.63) is 61.7 Å². The second-order valence-corrected chi connectivity index (χ2v) is 13.7. The van der Waals surface area contributed by atoms with Crippen LogP contribution in [-0.2, 0) is 53.8 Å². The second kappa shape index (κ2) is 12.6. The molecule has 16 heteroatoms. The van der Waals surface area contributed by atoms with Crippen LogP contribution < -0.4 is 16.6 Å². The minimum absolute atomic E-state index is 0.0971. The van der Waals surface area contributed by atoms with E-state index in [4.69, 9.17) is 29.8 Å². The molecule has 1 fully saturated rings. The number of cyclic esters (lactones) is 1. The van der Waals surface area contributed by atoms with Crippen LogP contribution in [0.2, 0.25) is 0 Å². The number of pyridine rings is 2. The number of carboxylic acid groups (broad SMARTS) is 1. The number of piperidine rings is 1. The third-order valence-corrected chi connectivity index (χ3v) is 10.8. The average molecular weight is 708 g/mol. The van der Waals surface area contributed by atoms with Gasteiger partial charge in [0.25, 0.3) is 5.56 Å². The number of fused-ring (bicyclic) bond motifs is 5. The fraction of sp³-hybridized carbons (Fsp3) is 0.486. The molecule has 0 saturated carbocycles. The standard InChI is InChI=1S/C35H38FN5O10/c1-4-35(50-33(47)48-12-9-38-32(46)51-40-10-7-34(3,8-11-40)30(43)44)21-13-25-28-19(15-41(25)29(42)20(21)16-49-31(35)45)26-23(37)6-5-18-17(2)22(36)14-24(39-28)27(18)26/h13-14,23H,4-12,15-16,37H2,1-3H3,(H,38,46)(H,43,44)/t23-,35-/m0/s1. The number of carbonyl (C=O) groups excluding carboxylic acids is 3. The van der Waals surface area contributed by atoms with E-state index < -0.39 is 40.8 Å². The van der Waals surface area contributed by atoms with Crippen LogP contribution in [0.4, 0.5) is 14.0 Å². The number of hydrogen-bond acceptors (Lipinski definition) is 12. The summed E-state index contributed by atoms with van der Waals surface area (Å²) in [5, 5.41) is 14.0. The number of nitrogens with zero attached hydrogens (tertiary/aromatic N) is 3. The highest BCUT2D eigenvalue weighted by Gasteiger charge is 2.51. The predicted octanol–water partition coefficient (Wildman–Crippen LogP) is 3.46. The maximum atomic E-state index is 15.0. The molecule has 51 heavy (non-hydrogen) atoms. The molecule has 270 valence electrons. The molecule has 1 saturated heterocycles. The Kier molecular flexibility index (Phi) is 8.49. The molecular formula is C35H38FN5O10. The summed E-state index contributed by atoms with van der Waals surface area (Å²) in [5.74, 6) is -2.17. The molecule has 7 rings (SSSR count). The van der Waals surface area contributed by atoms with Crippen LogP contribution in [-0.4, -0.2) is 70.1 Å². The number of rotatable bonds is 7. The Bertz CT molecular complexity index is 2070. The van der Waals surface area contributed by atoms with Gasteiger partial charge in [0.2, 0.25) is 5.60 Å². The molecule has 1 aromatic carbocycles. The number of hydrogen-bond donors (Lipinski definition) is 3. The number of benzene rings is 1. The quantitative estimate of drug-likeness (QED) is 0.186. The highest BCUT2D eigenvalue weighted by molar-refractivity contribution is 5.93. The topological polar surface area (TPSA) is 202 Å². The molecule has 4 N–H and O–H groups in total. The third kappa shape index (κ3) is 5.56. The van der Waals surface area contributed by atoms with Crippen LogP contribution in [0.1, 0.15) is 79.0 Å². The first-order valence-corrected chi connectivity index (χ1v) is 16.9. The van der Waals surface area contributed by atoms with Crippen LogP contribution in [0.3, 0.4) is 0 Å². The molecule has 0 bridgehead atoms. The Balaban J connectivity index is 1.09. The summed E-state index contributed by atoms with van der Waals surface area (Å²) >= 11 is 0. The number of carbonyl (C=O) groups is 4. The lowest BCUT2D eigenvalue weighted by Crippen LogP contribution is -2.47. The Morgan fingerprint density at radius 2 is 1.92 bits per heavy atom. The van der Waals surface area contributed by atoms with Crippen LogP contribution in [0.25, 0.3) is 22.3 Å². The molecule has 4 aliphatic rings. The van der Waals surface area contributed by atoms with Crippen molar-refractivity contribution in [2.45, 2.75) is 77.7 Å². The lowest BCUT2D eigenvalue weighted by Gasteiger charge is -2.35. The van der Waals surface area contributed by atoms with E-state index in [0.29, 0.717) is 48.2 Å². The fourth-order valence-electron chi connectivity index (χ4n) is 7.64. The van der Waals surface area contributed by atoms with Crippen molar-refractivity contribution in [2.24, 2.45) is 11.1 Å². The zero-order chi connectivity index (χ0) is 36.4. The Morgan fingerprint density at radius 1 is 1.18 bits per heavy atom. The van der Waals surface area contributed by atoms with E-state index >= 15 is 4.39 Å². The second-order valence-electron chi connectivity index (χ2n) is 13.7. The molecule has 1 aliphatic carbocycles.